The molecule has 1 fully saturated rings. The maximum absolute atomic E-state index is 14.0. The monoisotopic (exact) mass is 467 g/mol. The van der Waals surface area contributed by atoms with Crippen molar-refractivity contribution in [3.8, 4) is 22.7 Å². The van der Waals surface area contributed by atoms with Crippen molar-refractivity contribution >= 4 is 17.7 Å². The van der Waals surface area contributed by atoms with E-state index in [4.69, 9.17) is 14.0 Å². The molecule has 170 valence electrons. The number of halogens is 1. The highest BCUT2D eigenvalue weighted by molar-refractivity contribution is 7.98. The van der Waals surface area contributed by atoms with Crippen LogP contribution in [0.15, 0.2) is 64.3 Å². The Labute approximate surface area is 194 Å². The lowest BCUT2D eigenvalue weighted by Gasteiger charge is -2.27. The highest BCUT2D eigenvalue weighted by atomic mass is 32.2. The molecular weight excluding hydrogens is 445 g/mol. The number of morpholine rings is 1. The molecule has 5 rings (SSSR count). The van der Waals surface area contributed by atoms with Crippen LogP contribution in [0.5, 0.6) is 5.75 Å². The van der Waals surface area contributed by atoms with Crippen LogP contribution < -0.4 is 9.64 Å². The molecule has 0 atom stereocenters. The second kappa shape index (κ2) is 9.63. The Morgan fingerprint density at radius 2 is 1.91 bits per heavy atom. The van der Waals surface area contributed by atoms with Crippen LogP contribution in [-0.2, 0) is 10.5 Å². The first-order valence-corrected chi connectivity index (χ1v) is 11.5. The smallest absolute Gasteiger partial charge is 0.232 e. The van der Waals surface area contributed by atoms with E-state index in [1.54, 1.807) is 13.2 Å². The van der Waals surface area contributed by atoms with E-state index in [1.807, 2.05) is 41.0 Å². The lowest BCUT2D eigenvalue weighted by Crippen LogP contribution is -2.37. The standard InChI is InChI=1S/C23H22FN5O3S/c1-30-21-8-3-2-7-19(21)20-14-18(32-27-20)15-33-23-26-25-22(28-9-11-31-12-10-28)29(23)17-6-4-5-16(24)13-17/h2-8,13-14H,9-12,15H2,1H3. The number of rotatable bonds is 7. The number of anilines is 1. The van der Waals surface area contributed by atoms with Gasteiger partial charge in [-0.15, -0.1) is 10.2 Å². The number of para-hydroxylation sites is 1. The van der Waals surface area contributed by atoms with Gasteiger partial charge in [-0.25, -0.2) is 4.39 Å². The highest BCUT2D eigenvalue weighted by Gasteiger charge is 2.22. The van der Waals surface area contributed by atoms with Crippen molar-refractivity contribution in [2.45, 2.75) is 10.9 Å². The van der Waals surface area contributed by atoms with Gasteiger partial charge in [-0.2, -0.15) is 0 Å². The summed E-state index contributed by atoms with van der Waals surface area (Å²) in [7, 11) is 1.63. The second-order valence-corrected chi connectivity index (χ2v) is 8.31. The van der Waals surface area contributed by atoms with Crippen LogP contribution in [0.4, 0.5) is 10.3 Å². The van der Waals surface area contributed by atoms with Gasteiger partial charge in [0.25, 0.3) is 0 Å². The maximum atomic E-state index is 14.0. The van der Waals surface area contributed by atoms with Crippen LogP contribution in [0.25, 0.3) is 16.9 Å². The molecule has 8 nitrogen and oxygen atoms in total. The summed E-state index contributed by atoms with van der Waals surface area (Å²) in [6.07, 6.45) is 0. The van der Waals surface area contributed by atoms with E-state index < -0.39 is 0 Å². The molecule has 0 aliphatic carbocycles. The number of hydrogen-bond donors (Lipinski definition) is 0. The van der Waals surface area contributed by atoms with Gasteiger partial charge in [0.15, 0.2) is 5.16 Å². The minimum absolute atomic E-state index is 0.318. The van der Waals surface area contributed by atoms with E-state index in [0.29, 0.717) is 60.3 Å². The molecule has 2 aromatic heterocycles. The van der Waals surface area contributed by atoms with Gasteiger partial charge in [0.1, 0.15) is 23.0 Å². The van der Waals surface area contributed by atoms with Crippen molar-refractivity contribution in [3.05, 3.63) is 66.2 Å². The van der Waals surface area contributed by atoms with Crippen LogP contribution in [0.1, 0.15) is 5.76 Å². The van der Waals surface area contributed by atoms with Crippen molar-refractivity contribution in [1.29, 1.82) is 0 Å². The second-order valence-electron chi connectivity index (χ2n) is 7.36. The summed E-state index contributed by atoms with van der Waals surface area (Å²) in [5.41, 5.74) is 2.22. The zero-order valence-corrected chi connectivity index (χ0v) is 18.8. The van der Waals surface area contributed by atoms with Gasteiger partial charge in [-0.05, 0) is 30.3 Å². The quantitative estimate of drug-likeness (QED) is 0.374. The third-order valence-corrected chi connectivity index (χ3v) is 6.21. The molecule has 0 unspecified atom stereocenters. The fourth-order valence-electron chi connectivity index (χ4n) is 3.66. The molecule has 33 heavy (non-hydrogen) atoms. The Hall–Kier alpha value is -3.37. The van der Waals surface area contributed by atoms with Crippen molar-refractivity contribution in [2.75, 3.05) is 38.3 Å². The van der Waals surface area contributed by atoms with Crippen LogP contribution in [0.2, 0.25) is 0 Å². The summed E-state index contributed by atoms with van der Waals surface area (Å²) in [6.45, 7) is 2.62. The molecule has 0 N–H and O–H groups in total. The summed E-state index contributed by atoms with van der Waals surface area (Å²) in [6, 6.07) is 16.0. The van der Waals surface area contributed by atoms with Crippen molar-refractivity contribution in [3.63, 3.8) is 0 Å². The van der Waals surface area contributed by atoms with Crippen LogP contribution in [-0.4, -0.2) is 53.3 Å². The first-order chi connectivity index (χ1) is 16.2. The summed E-state index contributed by atoms with van der Waals surface area (Å²) in [5.74, 6) is 2.24. The molecule has 4 aromatic rings. The molecule has 2 aromatic carbocycles. The van der Waals surface area contributed by atoms with Crippen LogP contribution >= 0.6 is 11.8 Å². The number of methoxy groups -OCH3 is 1. The average molecular weight is 468 g/mol. The fourth-order valence-corrected chi connectivity index (χ4v) is 4.49. The summed E-state index contributed by atoms with van der Waals surface area (Å²) >= 11 is 1.45. The number of ether oxygens (including phenoxy) is 2. The topological polar surface area (TPSA) is 78.4 Å². The fraction of sp³-hybridized carbons (Fsp3) is 0.261. The number of thioether (sulfide) groups is 1. The summed E-state index contributed by atoms with van der Waals surface area (Å²) < 4.78 is 32.3. The lowest BCUT2D eigenvalue weighted by atomic mass is 10.1. The summed E-state index contributed by atoms with van der Waals surface area (Å²) in [5, 5.41) is 13.6. The van der Waals surface area contributed by atoms with Gasteiger partial charge in [0.2, 0.25) is 5.95 Å². The van der Waals surface area contributed by atoms with Crippen LogP contribution in [0.3, 0.4) is 0 Å². The molecule has 0 amide bonds. The first-order valence-electron chi connectivity index (χ1n) is 10.5. The van der Waals surface area contributed by atoms with Gasteiger partial charge in [0.05, 0.1) is 31.8 Å². The molecule has 0 spiro atoms. The molecule has 1 saturated heterocycles. The predicted octanol–water partition coefficient (Wildman–Crippen LogP) is 4.20. The third-order valence-electron chi connectivity index (χ3n) is 5.26. The average Bonchev–Trinajstić information content (AvgIpc) is 3.50. The Morgan fingerprint density at radius 3 is 2.73 bits per heavy atom. The molecule has 0 bridgehead atoms. The van der Waals surface area contributed by atoms with Gasteiger partial charge in [-0.3, -0.25) is 4.57 Å². The Balaban J connectivity index is 1.41. The molecule has 1 aliphatic rings. The largest absolute Gasteiger partial charge is 0.496 e. The van der Waals surface area contributed by atoms with Crippen molar-refractivity contribution in [2.24, 2.45) is 0 Å². The maximum Gasteiger partial charge on any atom is 0.232 e. The normalized spacial score (nSPS) is 13.9. The highest BCUT2D eigenvalue weighted by Crippen LogP contribution is 2.32. The van der Waals surface area contributed by atoms with Crippen molar-refractivity contribution in [1.82, 2.24) is 19.9 Å². The van der Waals surface area contributed by atoms with Crippen LogP contribution in [0, 0.1) is 5.82 Å². The molecule has 0 saturated carbocycles. The van der Waals surface area contributed by atoms with Gasteiger partial charge in [-0.1, -0.05) is 35.1 Å². The van der Waals surface area contributed by atoms with E-state index in [-0.39, 0.29) is 5.82 Å². The summed E-state index contributed by atoms with van der Waals surface area (Å²) in [4.78, 5) is 2.10. The molecule has 3 heterocycles. The number of hydrogen-bond acceptors (Lipinski definition) is 8. The van der Waals surface area contributed by atoms with Gasteiger partial charge < -0.3 is 18.9 Å². The SMILES string of the molecule is COc1ccccc1-c1cc(CSc2nnc(N3CCOCC3)n2-c2cccc(F)c2)on1. The van der Waals surface area contributed by atoms with E-state index in [1.165, 1.54) is 23.9 Å². The number of aromatic nitrogens is 4. The Kier molecular flexibility index (Phi) is 6.27. The van der Waals surface area contributed by atoms with Gasteiger partial charge >= 0.3 is 0 Å². The third kappa shape index (κ3) is 4.57. The zero-order valence-electron chi connectivity index (χ0n) is 18.0. The Morgan fingerprint density at radius 1 is 1.06 bits per heavy atom. The van der Waals surface area contributed by atoms with Gasteiger partial charge in [0, 0.05) is 24.7 Å². The first kappa shape index (κ1) is 21.5. The zero-order chi connectivity index (χ0) is 22.6. The van der Waals surface area contributed by atoms with E-state index in [2.05, 4.69) is 20.3 Å². The molecular formula is C23H22FN5O3S. The minimum atomic E-state index is -0.318. The number of nitrogens with zero attached hydrogens (tertiary/aromatic N) is 5. The Bertz CT molecular complexity index is 1240. The van der Waals surface area contributed by atoms with E-state index in [0.717, 1.165) is 11.3 Å². The molecule has 10 heteroatoms. The molecule has 1 aliphatic heterocycles. The number of benzene rings is 2. The molecule has 0 radical (unpaired) electrons. The lowest BCUT2D eigenvalue weighted by molar-refractivity contribution is 0.122. The minimum Gasteiger partial charge on any atom is -0.496 e. The van der Waals surface area contributed by atoms with Crippen molar-refractivity contribution < 1.29 is 18.4 Å². The van der Waals surface area contributed by atoms with E-state index in [9.17, 15) is 4.39 Å². The van der Waals surface area contributed by atoms with E-state index >= 15 is 0 Å². The predicted molar refractivity (Wildman–Crippen MR) is 122 cm³/mol.